The van der Waals surface area contributed by atoms with E-state index < -0.39 is 4.92 Å². The van der Waals surface area contributed by atoms with E-state index in [0.29, 0.717) is 17.3 Å². The van der Waals surface area contributed by atoms with E-state index in [-0.39, 0.29) is 5.69 Å². The minimum absolute atomic E-state index is 0.00529. The Morgan fingerprint density at radius 3 is 2.70 bits per heavy atom. The molecule has 0 bridgehead atoms. The van der Waals surface area contributed by atoms with Crippen LogP contribution < -0.4 is 5.32 Å². The van der Waals surface area contributed by atoms with Crippen LogP contribution in [-0.2, 0) is 0 Å². The van der Waals surface area contributed by atoms with Gasteiger partial charge in [-0.3, -0.25) is 10.1 Å². The van der Waals surface area contributed by atoms with E-state index in [4.69, 9.17) is 0 Å². The van der Waals surface area contributed by atoms with Crippen LogP contribution in [0.2, 0.25) is 0 Å². The maximum absolute atomic E-state index is 10.9. The smallest absolute Gasteiger partial charge is 0.271 e. The van der Waals surface area contributed by atoms with Crippen LogP contribution in [0.1, 0.15) is 5.56 Å². The van der Waals surface area contributed by atoms with Crippen molar-refractivity contribution < 1.29 is 4.92 Å². The minimum Gasteiger partial charge on any atom is -0.324 e. The number of aryl methyl sites for hydroxylation is 1. The monoisotopic (exact) mass is 308 g/mol. The maximum Gasteiger partial charge on any atom is 0.271 e. The highest BCUT2D eigenvalue weighted by molar-refractivity contribution is 5.64. The van der Waals surface area contributed by atoms with Gasteiger partial charge in [0.1, 0.15) is 6.33 Å². The van der Waals surface area contributed by atoms with Crippen LogP contribution in [0.15, 0.2) is 49.2 Å². The predicted molar refractivity (Wildman–Crippen MR) is 84.2 cm³/mol. The summed E-state index contributed by atoms with van der Waals surface area (Å²) in [5.41, 5.74) is 2.86. The van der Waals surface area contributed by atoms with Gasteiger partial charge in [-0.2, -0.15) is 0 Å². The van der Waals surface area contributed by atoms with E-state index in [1.807, 2.05) is 6.92 Å². The molecule has 1 aromatic carbocycles. The van der Waals surface area contributed by atoms with E-state index in [0.717, 1.165) is 11.1 Å². The summed E-state index contributed by atoms with van der Waals surface area (Å²) in [7, 11) is 0. The SMILES string of the molecule is Cc1ccc([N+](=O)[O-])cc1Nc1nccc(-c2cncnc2)n1. The van der Waals surface area contributed by atoms with Crippen LogP contribution in [0.4, 0.5) is 17.3 Å². The minimum atomic E-state index is -0.441. The molecule has 0 unspecified atom stereocenters. The summed E-state index contributed by atoms with van der Waals surface area (Å²) in [5, 5.41) is 13.9. The maximum atomic E-state index is 10.9. The van der Waals surface area contributed by atoms with Gasteiger partial charge in [0, 0.05) is 36.3 Å². The van der Waals surface area contributed by atoms with Crippen molar-refractivity contribution in [3.8, 4) is 11.3 Å². The summed E-state index contributed by atoms with van der Waals surface area (Å²) in [4.78, 5) is 26.9. The highest BCUT2D eigenvalue weighted by atomic mass is 16.6. The number of aromatic nitrogens is 4. The van der Waals surface area contributed by atoms with Gasteiger partial charge in [-0.05, 0) is 18.6 Å². The number of nitro groups is 1. The molecule has 0 saturated carbocycles. The highest BCUT2D eigenvalue weighted by Gasteiger charge is 2.10. The van der Waals surface area contributed by atoms with Crippen molar-refractivity contribution in [1.82, 2.24) is 19.9 Å². The third-order valence-electron chi connectivity index (χ3n) is 3.19. The fourth-order valence-corrected chi connectivity index (χ4v) is 1.99. The Bertz CT molecular complexity index is 854. The number of nitro benzene ring substituents is 1. The third kappa shape index (κ3) is 3.26. The van der Waals surface area contributed by atoms with E-state index in [9.17, 15) is 10.1 Å². The lowest BCUT2D eigenvalue weighted by Crippen LogP contribution is -2.00. The molecule has 0 amide bonds. The van der Waals surface area contributed by atoms with E-state index in [1.54, 1.807) is 30.7 Å². The molecule has 23 heavy (non-hydrogen) atoms. The van der Waals surface area contributed by atoms with Crippen LogP contribution in [0.5, 0.6) is 0 Å². The van der Waals surface area contributed by atoms with E-state index in [2.05, 4.69) is 25.3 Å². The molecule has 8 heteroatoms. The summed E-state index contributed by atoms with van der Waals surface area (Å²) < 4.78 is 0. The van der Waals surface area contributed by atoms with Gasteiger partial charge in [0.25, 0.3) is 5.69 Å². The molecule has 2 heterocycles. The number of non-ortho nitro benzene ring substituents is 1. The fraction of sp³-hybridized carbons (Fsp3) is 0.0667. The van der Waals surface area contributed by atoms with Crippen molar-refractivity contribution in [2.24, 2.45) is 0 Å². The first kappa shape index (κ1) is 14.5. The zero-order valence-electron chi connectivity index (χ0n) is 12.2. The van der Waals surface area contributed by atoms with Crippen LogP contribution in [0.3, 0.4) is 0 Å². The Hall–Kier alpha value is -3.42. The molecule has 3 aromatic rings. The number of rotatable bonds is 4. The van der Waals surface area contributed by atoms with Crippen LogP contribution in [0, 0.1) is 17.0 Å². The largest absolute Gasteiger partial charge is 0.324 e. The van der Waals surface area contributed by atoms with Gasteiger partial charge in [-0.1, -0.05) is 6.07 Å². The van der Waals surface area contributed by atoms with Crippen molar-refractivity contribution in [2.75, 3.05) is 5.32 Å². The molecule has 0 radical (unpaired) electrons. The number of hydrogen-bond acceptors (Lipinski definition) is 7. The van der Waals surface area contributed by atoms with E-state index in [1.165, 1.54) is 18.5 Å². The standard InChI is InChI=1S/C15H12N6O2/c1-10-2-3-12(21(22)23)6-14(10)20-15-18-5-4-13(19-15)11-7-16-9-17-8-11/h2-9H,1H3,(H,18,19,20). The third-order valence-corrected chi connectivity index (χ3v) is 3.19. The molecule has 8 nitrogen and oxygen atoms in total. The van der Waals surface area contributed by atoms with Crippen LogP contribution in [-0.4, -0.2) is 24.9 Å². The second-order valence-corrected chi connectivity index (χ2v) is 4.77. The second-order valence-electron chi connectivity index (χ2n) is 4.77. The van der Waals surface area contributed by atoms with Crippen molar-refractivity contribution in [3.05, 3.63) is 64.9 Å². The molecule has 0 saturated heterocycles. The van der Waals surface area contributed by atoms with Crippen molar-refractivity contribution >= 4 is 17.3 Å². The quantitative estimate of drug-likeness (QED) is 0.583. The molecule has 114 valence electrons. The Labute approximate surface area is 131 Å². The lowest BCUT2D eigenvalue weighted by atomic mass is 10.2. The lowest BCUT2D eigenvalue weighted by molar-refractivity contribution is -0.384. The summed E-state index contributed by atoms with van der Waals surface area (Å²) in [6.45, 7) is 1.85. The zero-order chi connectivity index (χ0) is 16.2. The zero-order valence-corrected chi connectivity index (χ0v) is 12.2. The molecule has 0 aliphatic rings. The first-order valence-electron chi connectivity index (χ1n) is 6.74. The molecular weight excluding hydrogens is 296 g/mol. The Morgan fingerprint density at radius 2 is 1.96 bits per heavy atom. The van der Waals surface area contributed by atoms with Crippen molar-refractivity contribution in [1.29, 1.82) is 0 Å². The van der Waals surface area contributed by atoms with Gasteiger partial charge in [-0.15, -0.1) is 0 Å². The molecule has 3 rings (SSSR count). The van der Waals surface area contributed by atoms with Gasteiger partial charge < -0.3 is 5.32 Å². The molecule has 0 spiro atoms. The number of nitrogens with one attached hydrogen (secondary N) is 1. The number of nitrogens with zero attached hydrogens (tertiary/aromatic N) is 5. The van der Waals surface area contributed by atoms with Crippen molar-refractivity contribution in [3.63, 3.8) is 0 Å². The number of benzene rings is 1. The summed E-state index contributed by atoms with van der Waals surface area (Å²) >= 11 is 0. The topological polar surface area (TPSA) is 107 Å². The Balaban J connectivity index is 1.92. The van der Waals surface area contributed by atoms with Gasteiger partial charge >= 0.3 is 0 Å². The first-order chi connectivity index (χ1) is 11.1. The molecule has 0 aliphatic heterocycles. The predicted octanol–water partition coefficient (Wildman–Crippen LogP) is 2.89. The molecule has 0 aliphatic carbocycles. The summed E-state index contributed by atoms with van der Waals surface area (Å²) in [6, 6.07) is 6.33. The molecular formula is C15H12N6O2. The molecule has 0 fully saturated rings. The van der Waals surface area contributed by atoms with Gasteiger partial charge in [0.05, 0.1) is 16.3 Å². The van der Waals surface area contributed by atoms with Crippen LogP contribution >= 0.6 is 0 Å². The lowest BCUT2D eigenvalue weighted by Gasteiger charge is -2.09. The first-order valence-corrected chi connectivity index (χ1v) is 6.74. The fourth-order valence-electron chi connectivity index (χ4n) is 1.99. The van der Waals surface area contributed by atoms with Gasteiger partial charge in [0.2, 0.25) is 5.95 Å². The second kappa shape index (κ2) is 6.14. The summed E-state index contributed by atoms with van der Waals surface area (Å²) in [6.07, 6.45) is 6.34. The molecule has 2 aromatic heterocycles. The molecule has 0 atom stereocenters. The van der Waals surface area contributed by atoms with Crippen LogP contribution in [0.25, 0.3) is 11.3 Å². The highest BCUT2D eigenvalue weighted by Crippen LogP contribution is 2.24. The Kier molecular flexibility index (Phi) is 3.88. The number of hydrogen-bond donors (Lipinski definition) is 1. The van der Waals surface area contributed by atoms with E-state index >= 15 is 0 Å². The van der Waals surface area contributed by atoms with Gasteiger partial charge in [0.15, 0.2) is 0 Å². The summed E-state index contributed by atoms with van der Waals surface area (Å²) in [5.74, 6) is 0.343. The van der Waals surface area contributed by atoms with Crippen molar-refractivity contribution in [2.45, 2.75) is 6.92 Å². The number of anilines is 2. The Morgan fingerprint density at radius 1 is 1.17 bits per heavy atom. The van der Waals surface area contributed by atoms with Gasteiger partial charge in [-0.25, -0.2) is 19.9 Å². The normalized spacial score (nSPS) is 10.3. The average molecular weight is 308 g/mol. The average Bonchev–Trinajstić information content (AvgIpc) is 2.58. The molecule has 1 N–H and O–H groups in total.